The third kappa shape index (κ3) is 6.32. The van der Waals surface area contributed by atoms with E-state index in [-0.39, 0.29) is 5.92 Å². The van der Waals surface area contributed by atoms with Gasteiger partial charge in [-0.25, -0.2) is 4.79 Å². The number of rotatable bonds is 8. The Hall–Kier alpha value is -0.790. The quantitative estimate of drug-likeness (QED) is 0.490. The highest BCUT2D eigenvalue weighted by Crippen LogP contribution is 2.25. The number of hydrogen-bond donors (Lipinski definition) is 1. The van der Waals surface area contributed by atoms with E-state index in [0.717, 1.165) is 19.3 Å². The maximum atomic E-state index is 10.9. The molecule has 0 radical (unpaired) electrons. The lowest BCUT2D eigenvalue weighted by Gasteiger charge is -2.18. The molecule has 0 aliphatic carbocycles. The van der Waals surface area contributed by atoms with Crippen LogP contribution in [0.4, 0.5) is 0 Å². The third-order valence-electron chi connectivity index (χ3n) is 2.68. The van der Waals surface area contributed by atoms with Crippen molar-refractivity contribution in [3.63, 3.8) is 0 Å². The first kappa shape index (κ1) is 14.2. The Morgan fingerprint density at radius 2 is 1.93 bits per heavy atom. The third-order valence-corrected chi connectivity index (χ3v) is 2.68. The molecule has 1 N–H and O–H groups in total. The molecule has 2 nitrogen and oxygen atoms in total. The van der Waals surface area contributed by atoms with Crippen molar-refractivity contribution in [1.29, 1.82) is 0 Å². The molecule has 15 heavy (non-hydrogen) atoms. The first-order chi connectivity index (χ1) is 6.99. The van der Waals surface area contributed by atoms with Crippen LogP contribution in [0.2, 0.25) is 0 Å². The second kappa shape index (κ2) is 7.49. The zero-order valence-electron chi connectivity index (χ0n) is 10.3. The fraction of sp³-hybridized carbons (Fsp3) is 0.769. The molecule has 0 aromatic heterocycles. The highest BCUT2D eigenvalue weighted by molar-refractivity contribution is 5.86. The Bertz CT molecular complexity index is 207. The SMILES string of the molecule is C=C(C(=O)O)C(CCCCC)CC(C)C. The molecule has 88 valence electrons. The Morgan fingerprint density at radius 3 is 2.33 bits per heavy atom. The monoisotopic (exact) mass is 212 g/mol. The Morgan fingerprint density at radius 1 is 1.33 bits per heavy atom. The molecule has 1 unspecified atom stereocenters. The van der Waals surface area contributed by atoms with E-state index in [1.165, 1.54) is 12.8 Å². The van der Waals surface area contributed by atoms with Gasteiger partial charge in [-0.3, -0.25) is 0 Å². The van der Waals surface area contributed by atoms with Gasteiger partial charge in [-0.2, -0.15) is 0 Å². The summed E-state index contributed by atoms with van der Waals surface area (Å²) < 4.78 is 0. The molecule has 0 aliphatic rings. The van der Waals surface area contributed by atoms with Gasteiger partial charge in [0.2, 0.25) is 0 Å². The maximum Gasteiger partial charge on any atom is 0.331 e. The predicted octanol–water partition coefficient (Wildman–Crippen LogP) is 3.87. The van der Waals surface area contributed by atoms with Crippen molar-refractivity contribution < 1.29 is 9.90 Å². The number of unbranched alkanes of at least 4 members (excludes halogenated alkanes) is 2. The van der Waals surface area contributed by atoms with Crippen LogP contribution in [-0.2, 0) is 4.79 Å². The van der Waals surface area contributed by atoms with Gasteiger partial charge < -0.3 is 5.11 Å². The first-order valence-electron chi connectivity index (χ1n) is 5.91. The van der Waals surface area contributed by atoms with Crippen molar-refractivity contribution in [3.05, 3.63) is 12.2 Å². The summed E-state index contributed by atoms with van der Waals surface area (Å²) in [6.45, 7) is 10.1. The van der Waals surface area contributed by atoms with Crippen LogP contribution < -0.4 is 0 Å². The summed E-state index contributed by atoms with van der Waals surface area (Å²) in [7, 11) is 0. The van der Waals surface area contributed by atoms with Crippen molar-refractivity contribution in [2.45, 2.75) is 52.9 Å². The Labute approximate surface area is 93.4 Å². The van der Waals surface area contributed by atoms with E-state index in [4.69, 9.17) is 5.11 Å². The summed E-state index contributed by atoms with van der Waals surface area (Å²) in [5, 5.41) is 8.92. The van der Waals surface area contributed by atoms with Crippen molar-refractivity contribution in [3.8, 4) is 0 Å². The van der Waals surface area contributed by atoms with Crippen molar-refractivity contribution in [2.75, 3.05) is 0 Å². The molecule has 0 heterocycles. The van der Waals surface area contributed by atoms with Gasteiger partial charge in [0.05, 0.1) is 0 Å². The molecule has 0 aromatic rings. The first-order valence-corrected chi connectivity index (χ1v) is 5.91. The summed E-state index contributed by atoms with van der Waals surface area (Å²) in [6, 6.07) is 0. The standard InChI is InChI=1S/C13H24O2/c1-5-6-7-8-12(9-10(2)3)11(4)13(14)15/h10,12H,4-9H2,1-3H3,(H,14,15). The average molecular weight is 212 g/mol. The second-order valence-corrected chi connectivity index (χ2v) is 4.65. The van der Waals surface area contributed by atoms with Gasteiger partial charge in [-0.15, -0.1) is 0 Å². The fourth-order valence-electron chi connectivity index (χ4n) is 1.82. The van der Waals surface area contributed by atoms with E-state index in [0.29, 0.717) is 11.5 Å². The van der Waals surface area contributed by atoms with Gasteiger partial charge in [0.1, 0.15) is 0 Å². The molecule has 0 bridgehead atoms. The van der Waals surface area contributed by atoms with Crippen LogP contribution in [0.15, 0.2) is 12.2 Å². The summed E-state index contributed by atoms with van der Waals surface area (Å²) in [6.07, 6.45) is 5.38. The lowest BCUT2D eigenvalue weighted by atomic mass is 9.86. The summed E-state index contributed by atoms with van der Waals surface area (Å²) in [5.41, 5.74) is 0.389. The summed E-state index contributed by atoms with van der Waals surface area (Å²) >= 11 is 0. The second-order valence-electron chi connectivity index (χ2n) is 4.65. The van der Waals surface area contributed by atoms with Gasteiger partial charge in [0.15, 0.2) is 0 Å². The highest BCUT2D eigenvalue weighted by atomic mass is 16.4. The summed E-state index contributed by atoms with van der Waals surface area (Å²) in [5.74, 6) is -0.140. The molecule has 0 amide bonds. The minimum Gasteiger partial charge on any atom is -0.478 e. The number of carboxylic acids is 1. The van der Waals surface area contributed by atoms with Crippen LogP contribution >= 0.6 is 0 Å². The van der Waals surface area contributed by atoms with Crippen molar-refractivity contribution in [1.82, 2.24) is 0 Å². The normalized spacial score (nSPS) is 12.8. The van der Waals surface area contributed by atoms with E-state index in [1.54, 1.807) is 0 Å². The number of aliphatic carboxylic acids is 1. The van der Waals surface area contributed by atoms with Crippen molar-refractivity contribution >= 4 is 5.97 Å². The molecule has 0 fully saturated rings. The topological polar surface area (TPSA) is 37.3 Å². The molecule has 0 saturated carbocycles. The summed E-state index contributed by atoms with van der Waals surface area (Å²) in [4.78, 5) is 10.9. The van der Waals surface area contributed by atoms with E-state index in [9.17, 15) is 4.79 Å². The van der Waals surface area contributed by atoms with E-state index >= 15 is 0 Å². The van der Waals surface area contributed by atoms with Gasteiger partial charge in [-0.05, 0) is 24.7 Å². The van der Waals surface area contributed by atoms with E-state index in [2.05, 4.69) is 27.4 Å². The molecule has 0 aliphatic heterocycles. The van der Waals surface area contributed by atoms with E-state index < -0.39 is 5.97 Å². The molecule has 0 aromatic carbocycles. The zero-order chi connectivity index (χ0) is 11.8. The fourth-order valence-corrected chi connectivity index (χ4v) is 1.82. The van der Waals surface area contributed by atoms with Gasteiger partial charge in [0, 0.05) is 5.57 Å². The Balaban J connectivity index is 4.18. The Kier molecular flexibility index (Phi) is 7.10. The lowest BCUT2D eigenvalue weighted by molar-refractivity contribution is -0.133. The molecular weight excluding hydrogens is 188 g/mol. The van der Waals surface area contributed by atoms with Gasteiger partial charge >= 0.3 is 5.97 Å². The van der Waals surface area contributed by atoms with Crippen LogP contribution in [0.3, 0.4) is 0 Å². The average Bonchev–Trinajstić information content (AvgIpc) is 2.14. The van der Waals surface area contributed by atoms with Crippen LogP contribution in [-0.4, -0.2) is 11.1 Å². The van der Waals surface area contributed by atoms with E-state index in [1.807, 2.05) is 0 Å². The highest BCUT2D eigenvalue weighted by Gasteiger charge is 2.18. The predicted molar refractivity (Wildman–Crippen MR) is 63.9 cm³/mol. The number of carbonyl (C=O) groups is 1. The van der Waals surface area contributed by atoms with Crippen LogP contribution in [0.25, 0.3) is 0 Å². The maximum absolute atomic E-state index is 10.9. The van der Waals surface area contributed by atoms with Gasteiger partial charge in [-0.1, -0.05) is 46.6 Å². The largest absolute Gasteiger partial charge is 0.478 e. The van der Waals surface area contributed by atoms with Crippen LogP contribution in [0.5, 0.6) is 0 Å². The minimum absolute atomic E-state index is 0.161. The van der Waals surface area contributed by atoms with Crippen molar-refractivity contribution in [2.24, 2.45) is 11.8 Å². The molecule has 2 heteroatoms. The molecule has 0 rings (SSSR count). The smallest absolute Gasteiger partial charge is 0.331 e. The molecule has 0 spiro atoms. The number of carboxylic acid groups (broad SMARTS) is 1. The minimum atomic E-state index is -0.836. The molecule has 0 saturated heterocycles. The van der Waals surface area contributed by atoms with Gasteiger partial charge in [0.25, 0.3) is 0 Å². The zero-order valence-corrected chi connectivity index (χ0v) is 10.3. The molecular formula is C13H24O2. The lowest BCUT2D eigenvalue weighted by Crippen LogP contribution is -2.14. The number of hydrogen-bond acceptors (Lipinski definition) is 1. The van der Waals surface area contributed by atoms with Crippen LogP contribution in [0.1, 0.15) is 52.9 Å². The molecule has 1 atom stereocenters. The van der Waals surface area contributed by atoms with Crippen LogP contribution in [0, 0.1) is 11.8 Å².